The van der Waals surface area contributed by atoms with Crippen LogP contribution in [0.5, 0.6) is 5.75 Å². The predicted molar refractivity (Wildman–Crippen MR) is 80.7 cm³/mol. The maximum absolute atomic E-state index is 12.2. The highest BCUT2D eigenvalue weighted by Crippen LogP contribution is 2.29. The largest absolute Gasteiger partial charge is 0.497 e. The Labute approximate surface area is 129 Å². The molecule has 9 heteroatoms. The molecule has 0 unspecified atom stereocenters. The van der Waals surface area contributed by atoms with E-state index in [1.54, 1.807) is 12.1 Å². The van der Waals surface area contributed by atoms with Crippen molar-refractivity contribution in [2.75, 3.05) is 12.4 Å². The molecule has 9 nitrogen and oxygen atoms in total. The van der Waals surface area contributed by atoms with Crippen molar-refractivity contribution in [2.45, 2.75) is 0 Å². The lowest BCUT2D eigenvalue weighted by atomic mass is 10.2. The fourth-order valence-corrected chi connectivity index (χ4v) is 1.85. The van der Waals surface area contributed by atoms with Crippen LogP contribution >= 0.6 is 0 Å². The number of nitrogens with one attached hydrogen (secondary N) is 1. The highest BCUT2D eigenvalue weighted by molar-refractivity contribution is 6.05. The second-order valence-electron chi connectivity index (χ2n) is 4.40. The molecule has 0 heterocycles. The molecule has 2 rings (SSSR count). The number of rotatable bonds is 5. The van der Waals surface area contributed by atoms with E-state index in [9.17, 15) is 25.0 Å². The molecule has 2 aromatic rings. The van der Waals surface area contributed by atoms with Crippen LogP contribution in [0.3, 0.4) is 0 Å². The number of carbonyl (C=O) groups is 1. The molecule has 0 aliphatic rings. The molecule has 0 saturated carbocycles. The van der Waals surface area contributed by atoms with Gasteiger partial charge in [-0.15, -0.1) is 0 Å². The summed E-state index contributed by atoms with van der Waals surface area (Å²) in [6.45, 7) is 0. The van der Waals surface area contributed by atoms with Crippen LogP contribution < -0.4 is 10.1 Å². The van der Waals surface area contributed by atoms with Gasteiger partial charge in [-0.05, 0) is 24.3 Å². The lowest BCUT2D eigenvalue weighted by Crippen LogP contribution is -2.13. The zero-order chi connectivity index (χ0) is 17.0. The third-order valence-electron chi connectivity index (χ3n) is 2.97. The lowest BCUT2D eigenvalue weighted by Gasteiger charge is -2.07. The zero-order valence-electron chi connectivity index (χ0n) is 11.9. The Morgan fingerprint density at radius 1 is 1.09 bits per heavy atom. The highest BCUT2D eigenvalue weighted by Gasteiger charge is 2.21. The molecule has 0 saturated heterocycles. The van der Waals surface area contributed by atoms with Crippen LogP contribution in [0.15, 0.2) is 42.5 Å². The van der Waals surface area contributed by atoms with Gasteiger partial charge in [-0.2, -0.15) is 0 Å². The molecular formula is C14H11N3O6. The number of ether oxygens (including phenoxy) is 1. The molecule has 0 bridgehead atoms. The van der Waals surface area contributed by atoms with E-state index < -0.39 is 27.1 Å². The van der Waals surface area contributed by atoms with Crippen LogP contribution in [0.1, 0.15) is 10.4 Å². The summed E-state index contributed by atoms with van der Waals surface area (Å²) >= 11 is 0. The van der Waals surface area contributed by atoms with Crippen LogP contribution in [0.25, 0.3) is 0 Å². The van der Waals surface area contributed by atoms with Crippen molar-refractivity contribution in [1.29, 1.82) is 0 Å². The van der Waals surface area contributed by atoms with Gasteiger partial charge in [0.15, 0.2) is 0 Å². The maximum Gasteiger partial charge on any atom is 0.299 e. The lowest BCUT2D eigenvalue weighted by molar-refractivity contribution is -0.393. The van der Waals surface area contributed by atoms with E-state index in [1.807, 2.05) is 0 Å². The highest BCUT2D eigenvalue weighted by atomic mass is 16.6. The van der Waals surface area contributed by atoms with E-state index in [-0.39, 0.29) is 11.3 Å². The van der Waals surface area contributed by atoms with Gasteiger partial charge in [-0.25, -0.2) is 0 Å². The third-order valence-corrected chi connectivity index (χ3v) is 2.97. The van der Waals surface area contributed by atoms with Crippen molar-refractivity contribution >= 4 is 23.0 Å². The summed E-state index contributed by atoms with van der Waals surface area (Å²) in [6.07, 6.45) is 0. The first-order valence-electron chi connectivity index (χ1n) is 6.30. The number of benzene rings is 2. The number of nitrogens with zero attached hydrogens (tertiary/aromatic N) is 2. The summed E-state index contributed by atoms with van der Waals surface area (Å²) in [7, 11) is 1.44. The van der Waals surface area contributed by atoms with Crippen LogP contribution in [-0.2, 0) is 0 Å². The molecule has 0 aromatic heterocycles. The number of carbonyl (C=O) groups excluding carboxylic acids is 1. The summed E-state index contributed by atoms with van der Waals surface area (Å²) in [5, 5.41) is 24.1. The van der Waals surface area contributed by atoms with Crippen LogP contribution in [0.4, 0.5) is 17.1 Å². The standard InChI is InChI=1S/C14H11N3O6/c1-23-11-4-2-3-9(7-11)14(18)15-12-6-5-10(16(19)20)8-13(12)17(21)22/h2-8H,1H3,(H,15,18). The van der Waals surface area contributed by atoms with Gasteiger partial charge in [0.25, 0.3) is 17.3 Å². The normalized spacial score (nSPS) is 9.96. The number of nitro benzene ring substituents is 2. The maximum atomic E-state index is 12.2. The minimum Gasteiger partial charge on any atom is -0.497 e. The Kier molecular flexibility index (Phi) is 4.50. The number of amides is 1. The predicted octanol–water partition coefficient (Wildman–Crippen LogP) is 2.76. The Hall–Kier alpha value is -3.49. The minimum absolute atomic E-state index is 0.131. The van der Waals surface area contributed by atoms with Crippen molar-refractivity contribution in [1.82, 2.24) is 0 Å². The summed E-state index contributed by atoms with van der Waals surface area (Å²) in [6, 6.07) is 9.20. The first-order valence-corrected chi connectivity index (χ1v) is 6.30. The summed E-state index contributed by atoms with van der Waals surface area (Å²) in [4.78, 5) is 32.3. The van der Waals surface area contributed by atoms with E-state index in [1.165, 1.54) is 19.2 Å². The Morgan fingerprint density at radius 3 is 2.43 bits per heavy atom. The third kappa shape index (κ3) is 3.59. The molecule has 0 atom stereocenters. The summed E-state index contributed by atoms with van der Waals surface area (Å²) in [5.41, 5.74) is -0.892. The Morgan fingerprint density at radius 2 is 1.83 bits per heavy atom. The van der Waals surface area contributed by atoms with Gasteiger partial charge in [-0.3, -0.25) is 25.0 Å². The fraction of sp³-hybridized carbons (Fsp3) is 0.0714. The van der Waals surface area contributed by atoms with E-state index in [4.69, 9.17) is 4.74 Å². The van der Waals surface area contributed by atoms with E-state index in [0.717, 1.165) is 18.2 Å². The molecule has 2 aromatic carbocycles. The molecule has 0 aliphatic heterocycles. The molecule has 23 heavy (non-hydrogen) atoms. The number of hydrogen-bond acceptors (Lipinski definition) is 6. The molecule has 0 spiro atoms. The van der Waals surface area contributed by atoms with Crippen LogP contribution in [0, 0.1) is 20.2 Å². The molecule has 1 amide bonds. The fourth-order valence-electron chi connectivity index (χ4n) is 1.85. The van der Waals surface area contributed by atoms with E-state index >= 15 is 0 Å². The summed E-state index contributed by atoms with van der Waals surface area (Å²) < 4.78 is 5.00. The number of hydrogen-bond donors (Lipinski definition) is 1. The van der Waals surface area contributed by atoms with Crippen molar-refractivity contribution < 1.29 is 19.4 Å². The first-order chi connectivity index (χ1) is 10.9. The number of anilines is 1. The van der Waals surface area contributed by atoms with Crippen LogP contribution in [0.2, 0.25) is 0 Å². The molecule has 118 valence electrons. The minimum atomic E-state index is -0.797. The topological polar surface area (TPSA) is 125 Å². The van der Waals surface area contributed by atoms with Crippen molar-refractivity contribution in [2.24, 2.45) is 0 Å². The second kappa shape index (κ2) is 6.52. The monoisotopic (exact) mass is 317 g/mol. The molecule has 0 fully saturated rings. The van der Waals surface area contributed by atoms with Gasteiger partial charge in [0, 0.05) is 11.6 Å². The Bertz CT molecular complexity index is 790. The second-order valence-corrected chi connectivity index (χ2v) is 4.40. The summed E-state index contributed by atoms with van der Waals surface area (Å²) in [5.74, 6) is -0.142. The first kappa shape index (κ1) is 15.9. The van der Waals surface area contributed by atoms with E-state index in [2.05, 4.69) is 5.32 Å². The SMILES string of the molecule is COc1cccc(C(=O)Nc2ccc([N+](=O)[O-])cc2[N+](=O)[O-])c1. The quantitative estimate of drug-likeness (QED) is 0.667. The molecular weight excluding hydrogens is 306 g/mol. The number of nitro groups is 2. The average Bonchev–Trinajstić information content (AvgIpc) is 2.54. The van der Waals surface area contributed by atoms with Gasteiger partial charge in [0.05, 0.1) is 23.0 Å². The average molecular weight is 317 g/mol. The van der Waals surface area contributed by atoms with Crippen molar-refractivity contribution in [3.05, 3.63) is 68.3 Å². The molecule has 0 radical (unpaired) electrons. The Balaban J connectivity index is 2.33. The molecule has 1 N–H and O–H groups in total. The number of non-ortho nitro benzene ring substituents is 1. The molecule has 0 aliphatic carbocycles. The number of methoxy groups -OCH3 is 1. The van der Waals surface area contributed by atoms with Gasteiger partial charge in [0.1, 0.15) is 11.4 Å². The zero-order valence-corrected chi connectivity index (χ0v) is 11.9. The van der Waals surface area contributed by atoms with Gasteiger partial charge in [0.2, 0.25) is 0 Å². The van der Waals surface area contributed by atoms with Crippen LogP contribution in [-0.4, -0.2) is 22.9 Å². The van der Waals surface area contributed by atoms with Gasteiger partial charge in [-0.1, -0.05) is 6.07 Å². The smallest absolute Gasteiger partial charge is 0.299 e. The van der Waals surface area contributed by atoms with Gasteiger partial charge < -0.3 is 10.1 Å². The van der Waals surface area contributed by atoms with Crippen molar-refractivity contribution in [3.8, 4) is 5.75 Å². The van der Waals surface area contributed by atoms with Gasteiger partial charge >= 0.3 is 0 Å². The van der Waals surface area contributed by atoms with Crippen molar-refractivity contribution in [3.63, 3.8) is 0 Å². The van der Waals surface area contributed by atoms with E-state index in [0.29, 0.717) is 5.75 Å².